The van der Waals surface area contributed by atoms with Crippen LogP contribution in [0.25, 0.3) is 0 Å². The van der Waals surface area contributed by atoms with E-state index in [2.05, 4.69) is 44.3 Å². The number of hydrogen-bond acceptors (Lipinski definition) is 4. The summed E-state index contributed by atoms with van der Waals surface area (Å²) >= 11 is 0. The van der Waals surface area contributed by atoms with Crippen molar-refractivity contribution in [3.8, 4) is 0 Å². The van der Waals surface area contributed by atoms with Gasteiger partial charge < -0.3 is 9.80 Å². The van der Waals surface area contributed by atoms with Gasteiger partial charge in [0.2, 0.25) is 0 Å². The molecule has 0 spiro atoms. The maximum Gasteiger partial charge on any atom is 0.0902 e. The minimum absolute atomic E-state index is 0.843. The molecule has 0 aromatic carbocycles. The highest BCUT2D eigenvalue weighted by atomic mass is 15.3. The predicted molar refractivity (Wildman–Crippen MR) is 73.6 cm³/mol. The normalized spacial score (nSPS) is 14.1. The van der Waals surface area contributed by atoms with Gasteiger partial charge in [-0.2, -0.15) is 0 Å². The summed E-state index contributed by atoms with van der Waals surface area (Å²) in [5, 5.41) is 0. The van der Waals surface area contributed by atoms with Crippen molar-refractivity contribution in [3.05, 3.63) is 72.6 Å². The Balaban J connectivity index is 1.55. The van der Waals surface area contributed by atoms with Crippen LogP contribution in [-0.2, 0) is 13.1 Å². The molecule has 1 aliphatic heterocycles. The summed E-state index contributed by atoms with van der Waals surface area (Å²) in [7, 11) is 0. The highest BCUT2D eigenvalue weighted by Gasteiger charge is 2.13. The Kier molecular flexibility index (Phi) is 3.40. The Hall–Kier alpha value is -2.36. The summed E-state index contributed by atoms with van der Waals surface area (Å²) in [6.45, 7) is 2.57. The molecule has 3 rings (SSSR count). The second-order valence-electron chi connectivity index (χ2n) is 4.58. The van der Waals surface area contributed by atoms with Crippen LogP contribution in [0.3, 0.4) is 0 Å². The lowest BCUT2D eigenvalue weighted by Crippen LogP contribution is -2.25. The van der Waals surface area contributed by atoms with Gasteiger partial charge in [0.05, 0.1) is 31.1 Å². The minimum atomic E-state index is 0.843. The molecule has 19 heavy (non-hydrogen) atoms. The lowest BCUT2D eigenvalue weighted by Gasteiger charge is -2.20. The Morgan fingerprint density at radius 3 is 1.74 bits per heavy atom. The van der Waals surface area contributed by atoms with Gasteiger partial charge in [-0.05, 0) is 24.3 Å². The molecule has 0 N–H and O–H groups in total. The van der Waals surface area contributed by atoms with Crippen LogP contribution in [0.1, 0.15) is 11.4 Å². The summed E-state index contributed by atoms with van der Waals surface area (Å²) in [6.07, 6.45) is 7.89. The third-order valence-electron chi connectivity index (χ3n) is 3.03. The van der Waals surface area contributed by atoms with E-state index < -0.39 is 0 Å². The lowest BCUT2D eigenvalue weighted by atomic mass is 10.3. The van der Waals surface area contributed by atoms with Crippen LogP contribution in [0, 0.1) is 0 Å². The number of rotatable bonds is 4. The first kappa shape index (κ1) is 11.7. The molecule has 0 saturated heterocycles. The van der Waals surface area contributed by atoms with E-state index in [-0.39, 0.29) is 0 Å². The standard InChI is InChI=1S/C15H16N4/c1-3-7-16-14(5-1)11-18-9-10-19(13-18)12-15-6-2-4-8-17-15/h1-10H,11-13H2. The second kappa shape index (κ2) is 5.52. The fraction of sp³-hybridized carbons (Fsp3) is 0.200. The van der Waals surface area contributed by atoms with E-state index in [4.69, 9.17) is 0 Å². The van der Waals surface area contributed by atoms with Gasteiger partial charge in [0.15, 0.2) is 0 Å². The Labute approximate surface area is 113 Å². The predicted octanol–water partition coefficient (Wildman–Crippen LogP) is 2.22. The first-order chi connectivity index (χ1) is 9.40. The van der Waals surface area contributed by atoms with Gasteiger partial charge in [-0.1, -0.05) is 12.1 Å². The van der Waals surface area contributed by atoms with Crippen LogP contribution in [0.2, 0.25) is 0 Å². The van der Waals surface area contributed by atoms with Crippen molar-refractivity contribution in [2.75, 3.05) is 6.67 Å². The van der Waals surface area contributed by atoms with E-state index in [9.17, 15) is 0 Å². The number of hydrogen-bond donors (Lipinski definition) is 0. The van der Waals surface area contributed by atoms with E-state index >= 15 is 0 Å². The summed E-state index contributed by atoms with van der Waals surface area (Å²) in [4.78, 5) is 13.2. The maximum atomic E-state index is 4.34. The summed E-state index contributed by atoms with van der Waals surface area (Å²) < 4.78 is 0. The largest absolute Gasteiger partial charge is 0.353 e. The monoisotopic (exact) mass is 252 g/mol. The SMILES string of the molecule is C1=CN(Cc2ccccn2)CN1Cc1ccccn1. The van der Waals surface area contributed by atoms with Crippen molar-refractivity contribution >= 4 is 0 Å². The molecule has 0 unspecified atom stereocenters. The van der Waals surface area contributed by atoms with Crippen molar-refractivity contribution in [1.82, 2.24) is 19.8 Å². The maximum absolute atomic E-state index is 4.34. The molecule has 0 amide bonds. The second-order valence-corrected chi connectivity index (χ2v) is 4.58. The lowest BCUT2D eigenvalue weighted by molar-refractivity contribution is 0.251. The van der Waals surface area contributed by atoms with Crippen molar-refractivity contribution in [1.29, 1.82) is 0 Å². The fourth-order valence-electron chi connectivity index (χ4n) is 2.12. The van der Waals surface area contributed by atoms with Gasteiger partial charge in [-0.15, -0.1) is 0 Å². The molecule has 0 saturated carbocycles. The van der Waals surface area contributed by atoms with E-state index in [1.807, 2.05) is 36.7 Å². The Morgan fingerprint density at radius 2 is 1.32 bits per heavy atom. The van der Waals surface area contributed by atoms with Gasteiger partial charge in [0.1, 0.15) is 0 Å². The van der Waals surface area contributed by atoms with Gasteiger partial charge >= 0.3 is 0 Å². The van der Waals surface area contributed by atoms with Crippen LogP contribution >= 0.6 is 0 Å². The topological polar surface area (TPSA) is 32.3 Å². The molecule has 1 aliphatic rings. The molecule has 4 nitrogen and oxygen atoms in total. The van der Waals surface area contributed by atoms with Gasteiger partial charge in [0.25, 0.3) is 0 Å². The third-order valence-corrected chi connectivity index (χ3v) is 3.03. The molecule has 0 radical (unpaired) electrons. The molecular weight excluding hydrogens is 236 g/mol. The average molecular weight is 252 g/mol. The van der Waals surface area contributed by atoms with E-state index in [1.54, 1.807) is 0 Å². The van der Waals surface area contributed by atoms with Crippen LogP contribution in [-0.4, -0.2) is 26.4 Å². The molecule has 2 aromatic heterocycles. The van der Waals surface area contributed by atoms with Crippen molar-refractivity contribution in [2.45, 2.75) is 13.1 Å². The Bertz CT molecular complexity index is 489. The zero-order chi connectivity index (χ0) is 12.9. The molecule has 4 heteroatoms. The van der Waals surface area contributed by atoms with Gasteiger partial charge in [-0.25, -0.2) is 0 Å². The van der Waals surface area contributed by atoms with Gasteiger partial charge in [0, 0.05) is 24.8 Å². The van der Waals surface area contributed by atoms with Crippen LogP contribution in [0.5, 0.6) is 0 Å². The first-order valence-corrected chi connectivity index (χ1v) is 6.36. The van der Waals surface area contributed by atoms with Crippen LogP contribution < -0.4 is 0 Å². The van der Waals surface area contributed by atoms with Crippen molar-refractivity contribution < 1.29 is 0 Å². The van der Waals surface area contributed by atoms with Crippen LogP contribution in [0.4, 0.5) is 0 Å². The summed E-state index contributed by atoms with van der Waals surface area (Å²) in [5.41, 5.74) is 2.18. The molecule has 0 fully saturated rings. The zero-order valence-electron chi connectivity index (χ0n) is 10.7. The Morgan fingerprint density at radius 1 is 0.789 bits per heavy atom. The van der Waals surface area contributed by atoms with Crippen molar-refractivity contribution in [2.24, 2.45) is 0 Å². The van der Waals surface area contributed by atoms with Crippen LogP contribution in [0.15, 0.2) is 61.2 Å². The number of aromatic nitrogens is 2. The minimum Gasteiger partial charge on any atom is -0.353 e. The first-order valence-electron chi connectivity index (χ1n) is 6.36. The molecule has 96 valence electrons. The molecule has 3 heterocycles. The molecule has 0 aliphatic carbocycles. The van der Waals surface area contributed by atoms with Crippen molar-refractivity contribution in [3.63, 3.8) is 0 Å². The summed E-state index contributed by atoms with van der Waals surface area (Å²) in [6, 6.07) is 12.0. The van der Waals surface area contributed by atoms with E-state index in [0.29, 0.717) is 0 Å². The quantitative estimate of drug-likeness (QED) is 0.835. The number of nitrogens with zero attached hydrogens (tertiary/aromatic N) is 4. The third kappa shape index (κ3) is 3.10. The summed E-state index contributed by atoms with van der Waals surface area (Å²) in [5.74, 6) is 0. The van der Waals surface area contributed by atoms with Gasteiger partial charge in [-0.3, -0.25) is 9.97 Å². The molecular formula is C15H16N4. The van der Waals surface area contributed by atoms with E-state index in [0.717, 1.165) is 31.1 Å². The highest BCUT2D eigenvalue weighted by molar-refractivity contribution is 5.07. The fourth-order valence-corrected chi connectivity index (χ4v) is 2.12. The molecule has 0 atom stereocenters. The zero-order valence-corrected chi connectivity index (χ0v) is 10.7. The average Bonchev–Trinajstić information content (AvgIpc) is 2.88. The van der Waals surface area contributed by atoms with E-state index in [1.165, 1.54) is 0 Å². The molecule has 0 bridgehead atoms. The molecule has 2 aromatic rings. The smallest absolute Gasteiger partial charge is 0.0902 e. The number of pyridine rings is 2. The highest BCUT2D eigenvalue weighted by Crippen LogP contribution is 2.12.